The van der Waals surface area contributed by atoms with Crippen molar-refractivity contribution < 1.29 is 9.47 Å². The molecule has 1 aliphatic carbocycles. The van der Waals surface area contributed by atoms with Crippen molar-refractivity contribution in [2.75, 3.05) is 27.2 Å². The van der Waals surface area contributed by atoms with E-state index in [1.54, 1.807) is 7.11 Å². The van der Waals surface area contributed by atoms with Gasteiger partial charge in [0.2, 0.25) is 0 Å². The maximum Gasteiger partial charge on any atom is 0.193 e. The van der Waals surface area contributed by atoms with Gasteiger partial charge in [-0.15, -0.1) is 0 Å². The Kier molecular flexibility index (Phi) is 6.99. The van der Waals surface area contributed by atoms with Crippen LogP contribution in [0.1, 0.15) is 50.6 Å². The van der Waals surface area contributed by atoms with Crippen LogP contribution in [0.25, 0.3) is 0 Å². The van der Waals surface area contributed by atoms with Crippen molar-refractivity contribution in [3.63, 3.8) is 0 Å². The fraction of sp³-hybridized carbons (Fsp3) is 0.583. The molecule has 31 heavy (non-hydrogen) atoms. The molecule has 2 unspecified atom stereocenters. The standard InChI is InChI=1S/C24H35N5O2/c1-18-11-13-28(16-21(18)29-14-12-26-17-29)24(25-2)27-15-19-7-6-10-22(30-3)23(19)31-20-8-4-5-9-20/h6-7,10,12,14,17-18,20-21H,4-5,8-9,11,13,15-16H2,1-3H3,(H,25,27). The molecule has 168 valence electrons. The van der Waals surface area contributed by atoms with Crippen LogP contribution in [0.4, 0.5) is 0 Å². The van der Waals surface area contributed by atoms with Crippen molar-refractivity contribution in [1.29, 1.82) is 0 Å². The molecular weight excluding hydrogens is 390 g/mol. The third kappa shape index (κ3) is 4.97. The van der Waals surface area contributed by atoms with Gasteiger partial charge in [-0.25, -0.2) is 4.98 Å². The zero-order valence-electron chi connectivity index (χ0n) is 19.0. The van der Waals surface area contributed by atoms with Gasteiger partial charge in [-0.05, 0) is 44.1 Å². The van der Waals surface area contributed by atoms with Crippen LogP contribution in [0, 0.1) is 5.92 Å². The predicted octanol–water partition coefficient (Wildman–Crippen LogP) is 3.87. The number of imidazole rings is 1. The van der Waals surface area contributed by atoms with Gasteiger partial charge in [-0.3, -0.25) is 4.99 Å². The number of hydrogen-bond donors (Lipinski definition) is 1. The molecule has 0 amide bonds. The highest BCUT2D eigenvalue weighted by atomic mass is 16.5. The summed E-state index contributed by atoms with van der Waals surface area (Å²) in [7, 11) is 3.56. The molecule has 2 heterocycles. The van der Waals surface area contributed by atoms with Crippen LogP contribution in [0.15, 0.2) is 41.9 Å². The number of aliphatic imine (C=N–C) groups is 1. The summed E-state index contributed by atoms with van der Waals surface area (Å²) in [5, 5.41) is 3.57. The molecule has 1 saturated heterocycles. The summed E-state index contributed by atoms with van der Waals surface area (Å²) >= 11 is 0. The second-order valence-electron chi connectivity index (χ2n) is 8.66. The lowest BCUT2D eigenvalue weighted by atomic mass is 9.93. The monoisotopic (exact) mass is 425 g/mol. The lowest BCUT2D eigenvalue weighted by Gasteiger charge is -2.39. The first-order valence-electron chi connectivity index (χ1n) is 11.4. The molecule has 0 spiro atoms. The predicted molar refractivity (Wildman–Crippen MR) is 123 cm³/mol. The first kappa shape index (κ1) is 21.5. The molecule has 0 bridgehead atoms. The highest BCUT2D eigenvalue weighted by Crippen LogP contribution is 2.35. The molecule has 1 N–H and O–H groups in total. The zero-order chi connectivity index (χ0) is 21.6. The second-order valence-corrected chi connectivity index (χ2v) is 8.66. The summed E-state index contributed by atoms with van der Waals surface area (Å²) in [6, 6.07) is 6.51. The molecule has 4 rings (SSSR count). The van der Waals surface area contributed by atoms with Crippen molar-refractivity contribution in [1.82, 2.24) is 19.8 Å². The summed E-state index contributed by atoms with van der Waals surface area (Å²) in [5.74, 6) is 3.19. The van der Waals surface area contributed by atoms with Crippen molar-refractivity contribution in [3.05, 3.63) is 42.5 Å². The maximum atomic E-state index is 6.39. The van der Waals surface area contributed by atoms with Gasteiger partial charge in [0.05, 0.1) is 25.6 Å². The Labute approximate surface area is 185 Å². The molecule has 7 heteroatoms. The molecule has 7 nitrogen and oxygen atoms in total. The number of nitrogens with one attached hydrogen (secondary N) is 1. The average Bonchev–Trinajstić information content (AvgIpc) is 3.50. The molecule has 2 aliphatic rings. The number of guanidine groups is 1. The van der Waals surface area contributed by atoms with E-state index in [1.807, 2.05) is 31.7 Å². The number of nitrogens with zero attached hydrogens (tertiary/aromatic N) is 4. The van der Waals surface area contributed by atoms with E-state index in [0.717, 1.165) is 55.4 Å². The zero-order valence-corrected chi connectivity index (χ0v) is 19.0. The fourth-order valence-electron chi connectivity index (χ4n) is 4.77. The molecule has 2 aromatic rings. The molecule has 2 fully saturated rings. The highest BCUT2D eigenvalue weighted by molar-refractivity contribution is 5.80. The van der Waals surface area contributed by atoms with E-state index in [0.29, 0.717) is 18.5 Å². The molecule has 1 saturated carbocycles. The van der Waals surface area contributed by atoms with E-state index in [-0.39, 0.29) is 6.10 Å². The third-order valence-corrected chi connectivity index (χ3v) is 6.64. The number of ether oxygens (including phenoxy) is 2. The number of rotatable bonds is 6. The quantitative estimate of drug-likeness (QED) is 0.562. The average molecular weight is 426 g/mol. The second kappa shape index (κ2) is 10.1. The Morgan fingerprint density at radius 2 is 2.10 bits per heavy atom. The van der Waals surface area contributed by atoms with Crippen LogP contribution in [0.2, 0.25) is 0 Å². The number of benzene rings is 1. The topological polar surface area (TPSA) is 63.9 Å². The van der Waals surface area contributed by atoms with Gasteiger partial charge >= 0.3 is 0 Å². The van der Waals surface area contributed by atoms with Crippen LogP contribution in [-0.4, -0.2) is 53.8 Å². The van der Waals surface area contributed by atoms with E-state index in [4.69, 9.17) is 9.47 Å². The summed E-state index contributed by atoms with van der Waals surface area (Å²) in [5.41, 5.74) is 1.10. The molecule has 2 atom stereocenters. The smallest absolute Gasteiger partial charge is 0.193 e. The Hall–Kier alpha value is -2.70. The minimum atomic E-state index is 0.286. The lowest BCUT2D eigenvalue weighted by molar-refractivity contribution is 0.188. The Balaban J connectivity index is 1.45. The lowest BCUT2D eigenvalue weighted by Crippen LogP contribution is -2.48. The maximum absolute atomic E-state index is 6.39. The van der Waals surface area contributed by atoms with Gasteiger partial charge in [0.15, 0.2) is 17.5 Å². The number of methoxy groups -OCH3 is 1. The van der Waals surface area contributed by atoms with Crippen molar-refractivity contribution in [2.24, 2.45) is 10.9 Å². The molecule has 1 aromatic carbocycles. The van der Waals surface area contributed by atoms with Crippen molar-refractivity contribution in [2.45, 2.75) is 57.7 Å². The van der Waals surface area contributed by atoms with Gasteiger partial charge in [-0.1, -0.05) is 19.1 Å². The fourth-order valence-corrected chi connectivity index (χ4v) is 4.77. The van der Waals surface area contributed by atoms with E-state index in [1.165, 1.54) is 12.8 Å². The Morgan fingerprint density at radius 1 is 1.26 bits per heavy atom. The number of aromatic nitrogens is 2. The number of para-hydroxylation sites is 1. The van der Waals surface area contributed by atoms with Crippen LogP contribution >= 0.6 is 0 Å². The first-order valence-corrected chi connectivity index (χ1v) is 11.4. The summed E-state index contributed by atoms with van der Waals surface area (Å²) in [6.07, 6.45) is 12.0. The van der Waals surface area contributed by atoms with E-state index in [9.17, 15) is 0 Å². The van der Waals surface area contributed by atoms with Gasteiger partial charge < -0.3 is 24.3 Å². The van der Waals surface area contributed by atoms with E-state index >= 15 is 0 Å². The minimum Gasteiger partial charge on any atom is -0.493 e. The van der Waals surface area contributed by atoms with Crippen LogP contribution in [0.3, 0.4) is 0 Å². The van der Waals surface area contributed by atoms with E-state index < -0.39 is 0 Å². The number of likely N-dealkylation sites (tertiary alicyclic amines) is 1. The highest BCUT2D eigenvalue weighted by Gasteiger charge is 2.29. The van der Waals surface area contributed by atoms with Gasteiger partial charge in [0.1, 0.15) is 0 Å². The van der Waals surface area contributed by atoms with Gasteiger partial charge in [0.25, 0.3) is 0 Å². The minimum absolute atomic E-state index is 0.286. The number of piperidine rings is 1. The molecule has 1 aromatic heterocycles. The van der Waals surface area contributed by atoms with Gasteiger partial charge in [-0.2, -0.15) is 0 Å². The molecule has 1 aliphatic heterocycles. The Morgan fingerprint density at radius 3 is 2.81 bits per heavy atom. The van der Waals surface area contributed by atoms with Crippen molar-refractivity contribution in [3.8, 4) is 11.5 Å². The summed E-state index contributed by atoms with van der Waals surface area (Å²) in [6.45, 7) is 4.88. The van der Waals surface area contributed by atoms with Crippen LogP contribution in [-0.2, 0) is 6.54 Å². The molecular formula is C24H35N5O2. The van der Waals surface area contributed by atoms with Crippen molar-refractivity contribution >= 4 is 5.96 Å². The summed E-state index contributed by atoms with van der Waals surface area (Å²) in [4.78, 5) is 11.2. The number of hydrogen-bond acceptors (Lipinski definition) is 4. The Bertz CT molecular complexity index is 861. The molecule has 0 radical (unpaired) electrons. The largest absolute Gasteiger partial charge is 0.493 e. The van der Waals surface area contributed by atoms with Gasteiger partial charge in [0, 0.05) is 44.6 Å². The van der Waals surface area contributed by atoms with Crippen LogP contribution < -0.4 is 14.8 Å². The summed E-state index contributed by atoms with van der Waals surface area (Å²) < 4.78 is 14.2. The normalized spacial score (nSPS) is 22.5. The van der Waals surface area contributed by atoms with Crippen LogP contribution in [0.5, 0.6) is 11.5 Å². The van der Waals surface area contributed by atoms with E-state index in [2.05, 4.69) is 43.9 Å². The SMILES string of the molecule is CN=C(NCc1cccc(OC)c1OC1CCCC1)N1CCC(C)C(n2ccnc2)C1. The first-order chi connectivity index (χ1) is 15.2. The third-order valence-electron chi connectivity index (χ3n) is 6.64.